The highest BCUT2D eigenvalue weighted by atomic mass is 16.5. The fourth-order valence-corrected chi connectivity index (χ4v) is 2.45. The maximum atomic E-state index is 12.2. The van der Waals surface area contributed by atoms with E-state index in [0.717, 1.165) is 43.5 Å². The van der Waals surface area contributed by atoms with Crippen LogP contribution in [0, 0.1) is 0 Å². The number of unbranched alkanes of at least 4 members (excludes halogenated alkanes) is 3. The second-order valence-corrected chi connectivity index (χ2v) is 6.29. The Balaban J connectivity index is 2.16. The predicted octanol–water partition coefficient (Wildman–Crippen LogP) is 3.17. The lowest BCUT2D eigenvalue weighted by Crippen LogP contribution is -2.10. The molecule has 9 heteroatoms. The van der Waals surface area contributed by atoms with E-state index in [1.165, 1.54) is 0 Å². The smallest absolute Gasteiger partial charge is 0.343 e. The molecule has 0 aliphatic heterocycles. The average molecular weight is 406 g/mol. The van der Waals surface area contributed by atoms with Crippen LogP contribution in [0.4, 0.5) is 0 Å². The minimum Gasteiger partial charge on any atom is -0.504 e. The van der Waals surface area contributed by atoms with Gasteiger partial charge in [0.05, 0.1) is 17.7 Å². The first-order chi connectivity index (χ1) is 13.7. The fourth-order valence-electron chi connectivity index (χ4n) is 2.45. The number of carbonyl (C=O) groups excluding carboxylic acids is 2. The Bertz CT molecular complexity index is 882. The van der Waals surface area contributed by atoms with Gasteiger partial charge in [-0.05, 0) is 30.7 Å². The van der Waals surface area contributed by atoms with E-state index in [1.54, 1.807) is 0 Å². The zero-order chi connectivity index (χ0) is 21.6. The molecule has 0 unspecified atom stereocenters. The summed E-state index contributed by atoms with van der Waals surface area (Å²) in [6, 6.07) is 3.66. The molecule has 0 spiro atoms. The van der Waals surface area contributed by atoms with Gasteiger partial charge in [0.15, 0.2) is 28.7 Å². The van der Waals surface area contributed by atoms with Crippen molar-refractivity contribution < 1.29 is 44.6 Å². The predicted molar refractivity (Wildman–Crippen MR) is 101 cm³/mol. The first kappa shape index (κ1) is 21.7. The van der Waals surface area contributed by atoms with Gasteiger partial charge in [-0.15, -0.1) is 0 Å². The number of hydrogen-bond acceptors (Lipinski definition) is 9. The van der Waals surface area contributed by atoms with Crippen LogP contribution < -0.4 is 4.74 Å². The molecule has 0 aliphatic rings. The summed E-state index contributed by atoms with van der Waals surface area (Å²) in [6.07, 6.45) is 3.63. The van der Waals surface area contributed by atoms with Crippen LogP contribution in [0.5, 0.6) is 34.5 Å². The maximum absolute atomic E-state index is 12.2. The van der Waals surface area contributed by atoms with Crippen LogP contribution in [0.15, 0.2) is 24.3 Å². The number of esters is 2. The van der Waals surface area contributed by atoms with Gasteiger partial charge in [-0.1, -0.05) is 26.2 Å². The molecule has 0 radical (unpaired) electrons. The van der Waals surface area contributed by atoms with E-state index in [4.69, 9.17) is 9.47 Å². The van der Waals surface area contributed by atoms with Crippen molar-refractivity contribution in [1.82, 2.24) is 0 Å². The minimum atomic E-state index is -1.13. The van der Waals surface area contributed by atoms with Gasteiger partial charge in [0, 0.05) is 0 Å². The Morgan fingerprint density at radius 1 is 0.759 bits per heavy atom. The molecule has 0 atom stereocenters. The Labute approximate surface area is 166 Å². The molecule has 9 nitrogen and oxygen atoms in total. The number of phenolic OH excluding ortho intramolecular Hbond substituents is 5. The lowest BCUT2D eigenvalue weighted by Gasteiger charge is -2.11. The summed E-state index contributed by atoms with van der Waals surface area (Å²) >= 11 is 0. The summed E-state index contributed by atoms with van der Waals surface area (Å²) in [7, 11) is 0. The number of rotatable bonds is 8. The molecule has 0 saturated carbocycles. The van der Waals surface area contributed by atoms with E-state index in [-0.39, 0.29) is 17.7 Å². The first-order valence-corrected chi connectivity index (χ1v) is 8.94. The highest BCUT2D eigenvalue weighted by molar-refractivity contribution is 5.94. The largest absolute Gasteiger partial charge is 0.504 e. The third-order valence-corrected chi connectivity index (χ3v) is 4.03. The van der Waals surface area contributed by atoms with Crippen LogP contribution >= 0.6 is 0 Å². The highest BCUT2D eigenvalue weighted by Crippen LogP contribution is 2.39. The molecule has 2 aromatic rings. The standard InChI is InChI=1S/C20H22O9/c1-2-3-4-5-6-28-19(26)12-9-15(23)18(25)16(10-12)29-20(27)11-7-13(21)17(24)14(22)8-11/h7-10,21-25H,2-6H2,1H3. The highest BCUT2D eigenvalue weighted by Gasteiger charge is 2.21. The van der Waals surface area contributed by atoms with Crippen molar-refractivity contribution in [3.63, 3.8) is 0 Å². The van der Waals surface area contributed by atoms with E-state index in [2.05, 4.69) is 6.92 Å². The summed E-state index contributed by atoms with van der Waals surface area (Å²) in [5.41, 5.74) is -0.490. The lowest BCUT2D eigenvalue weighted by molar-refractivity contribution is 0.0495. The van der Waals surface area contributed by atoms with Crippen LogP contribution in [-0.4, -0.2) is 44.1 Å². The average Bonchev–Trinajstić information content (AvgIpc) is 2.68. The molecule has 2 aromatic carbocycles. The molecule has 29 heavy (non-hydrogen) atoms. The van der Waals surface area contributed by atoms with E-state index in [1.807, 2.05) is 0 Å². The number of benzene rings is 2. The van der Waals surface area contributed by atoms with Gasteiger partial charge < -0.3 is 35.0 Å². The van der Waals surface area contributed by atoms with Crippen molar-refractivity contribution in [1.29, 1.82) is 0 Å². The van der Waals surface area contributed by atoms with Crippen LogP contribution in [0.1, 0.15) is 53.3 Å². The molecule has 5 N–H and O–H groups in total. The molecular weight excluding hydrogens is 384 g/mol. The van der Waals surface area contributed by atoms with Crippen molar-refractivity contribution in [2.45, 2.75) is 32.6 Å². The molecule has 0 heterocycles. The quantitative estimate of drug-likeness (QED) is 0.192. The van der Waals surface area contributed by atoms with Crippen LogP contribution in [0.25, 0.3) is 0 Å². The van der Waals surface area contributed by atoms with Crippen molar-refractivity contribution >= 4 is 11.9 Å². The number of hydrogen-bond donors (Lipinski definition) is 5. The van der Waals surface area contributed by atoms with Gasteiger partial charge in [-0.25, -0.2) is 9.59 Å². The maximum Gasteiger partial charge on any atom is 0.343 e. The number of ether oxygens (including phenoxy) is 2. The molecule has 0 aromatic heterocycles. The Morgan fingerprint density at radius 2 is 1.31 bits per heavy atom. The molecule has 0 aliphatic carbocycles. The normalized spacial score (nSPS) is 10.5. The molecule has 156 valence electrons. The van der Waals surface area contributed by atoms with E-state index in [0.29, 0.717) is 6.42 Å². The number of carbonyl (C=O) groups is 2. The van der Waals surface area contributed by atoms with Gasteiger partial charge in [0.1, 0.15) is 0 Å². The van der Waals surface area contributed by atoms with Gasteiger partial charge >= 0.3 is 11.9 Å². The topological polar surface area (TPSA) is 154 Å². The molecule has 2 rings (SSSR count). The second kappa shape index (κ2) is 9.54. The van der Waals surface area contributed by atoms with Crippen molar-refractivity contribution in [3.8, 4) is 34.5 Å². The Hall–Kier alpha value is -3.62. The second-order valence-electron chi connectivity index (χ2n) is 6.29. The number of phenols is 5. The summed E-state index contributed by atoms with van der Waals surface area (Å²) in [5, 5.41) is 48.0. The van der Waals surface area contributed by atoms with Gasteiger partial charge in [0.25, 0.3) is 0 Å². The molecule has 0 saturated heterocycles. The minimum absolute atomic E-state index is 0.144. The summed E-state index contributed by atoms with van der Waals surface area (Å²) < 4.78 is 10.0. The van der Waals surface area contributed by atoms with E-state index < -0.39 is 46.4 Å². The Morgan fingerprint density at radius 3 is 1.90 bits per heavy atom. The zero-order valence-electron chi connectivity index (χ0n) is 15.7. The molecular formula is C20H22O9. The zero-order valence-corrected chi connectivity index (χ0v) is 15.7. The summed E-state index contributed by atoms with van der Waals surface area (Å²) in [4.78, 5) is 24.3. The van der Waals surface area contributed by atoms with Crippen molar-refractivity contribution in [3.05, 3.63) is 35.4 Å². The SMILES string of the molecule is CCCCCCOC(=O)c1cc(O)c(O)c(OC(=O)c2cc(O)c(O)c(O)c2)c1. The fraction of sp³-hybridized carbons (Fsp3) is 0.300. The van der Waals surface area contributed by atoms with Crippen molar-refractivity contribution in [2.24, 2.45) is 0 Å². The van der Waals surface area contributed by atoms with Crippen LogP contribution in [0.3, 0.4) is 0 Å². The summed E-state index contributed by atoms with van der Waals surface area (Å²) in [6.45, 7) is 2.23. The van der Waals surface area contributed by atoms with Gasteiger partial charge in [-0.2, -0.15) is 0 Å². The van der Waals surface area contributed by atoms with Crippen LogP contribution in [-0.2, 0) is 4.74 Å². The monoisotopic (exact) mass is 406 g/mol. The Kier molecular flexibility index (Phi) is 7.13. The van der Waals surface area contributed by atoms with Gasteiger partial charge in [-0.3, -0.25) is 0 Å². The van der Waals surface area contributed by atoms with Crippen molar-refractivity contribution in [2.75, 3.05) is 6.61 Å². The van der Waals surface area contributed by atoms with Crippen LogP contribution in [0.2, 0.25) is 0 Å². The van der Waals surface area contributed by atoms with E-state index in [9.17, 15) is 35.1 Å². The molecule has 0 amide bonds. The third kappa shape index (κ3) is 5.44. The lowest BCUT2D eigenvalue weighted by atomic mass is 10.1. The molecule has 0 fully saturated rings. The molecule has 0 bridgehead atoms. The first-order valence-electron chi connectivity index (χ1n) is 8.94. The number of aromatic hydroxyl groups is 5. The summed E-state index contributed by atoms with van der Waals surface area (Å²) in [5.74, 6) is -6.25. The van der Waals surface area contributed by atoms with Gasteiger partial charge in [0.2, 0.25) is 5.75 Å². The van der Waals surface area contributed by atoms with E-state index >= 15 is 0 Å². The third-order valence-electron chi connectivity index (χ3n) is 4.03.